The van der Waals surface area contributed by atoms with Gasteiger partial charge in [0.15, 0.2) is 0 Å². The molecule has 15 heavy (non-hydrogen) atoms. The summed E-state index contributed by atoms with van der Waals surface area (Å²) in [6.45, 7) is 2.66. The van der Waals surface area contributed by atoms with E-state index >= 15 is 0 Å². The van der Waals surface area contributed by atoms with E-state index in [1.165, 1.54) is 19.3 Å². The quantitative estimate of drug-likeness (QED) is 0.722. The zero-order valence-corrected chi connectivity index (χ0v) is 10.1. The van der Waals surface area contributed by atoms with Gasteiger partial charge < -0.3 is 10.2 Å². The van der Waals surface area contributed by atoms with Gasteiger partial charge in [0.05, 0.1) is 6.54 Å². The van der Waals surface area contributed by atoms with Crippen LogP contribution in [0.2, 0.25) is 0 Å². The molecule has 0 aromatic heterocycles. The first-order valence-corrected chi connectivity index (χ1v) is 5.73. The highest BCUT2D eigenvalue weighted by atomic mass is 16.1. The molecule has 0 spiro atoms. The lowest BCUT2D eigenvalue weighted by molar-refractivity contribution is -0.122. The van der Waals surface area contributed by atoms with Gasteiger partial charge >= 0.3 is 0 Å². The molecule has 1 heterocycles. The van der Waals surface area contributed by atoms with E-state index in [0.29, 0.717) is 12.6 Å². The first kappa shape index (κ1) is 12.5. The Labute approximate surface area is 92.6 Å². The molecule has 1 fully saturated rings. The highest BCUT2D eigenvalue weighted by Crippen LogP contribution is 2.16. The summed E-state index contributed by atoms with van der Waals surface area (Å²) in [7, 11) is 5.88. The second-order valence-electron chi connectivity index (χ2n) is 4.56. The number of rotatable bonds is 4. The number of carbonyl (C=O) groups is 1. The van der Waals surface area contributed by atoms with Crippen LogP contribution in [0.15, 0.2) is 0 Å². The van der Waals surface area contributed by atoms with Crippen LogP contribution < -0.4 is 5.32 Å². The summed E-state index contributed by atoms with van der Waals surface area (Å²) in [5.41, 5.74) is 0. The van der Waals surface area contributed by atoms with Crippen molar-refractivity contribution in [1.29, 1.82) is 0 Å². The topological polar surface area (TPSA) is 35.6 Å². The number of carbonyl (C=O) groups excluding carboxylic acids is 1. The molecule has 1 atom stereocenters. The predicted molar refractivity (Wildman–Crippen MR) is 61.8 cm³/mol. The Balaban J connectivity index is 2.45. The van der Waals surface area contributed by atoms with Gasteiger partial charge in [-0.3, -0.25) is 9.69 Å². The van der Waals surface area contributed by atoms with Crippen molar-refractivity contribution in [2.45, 2.75) is 25.3 Å². The van der Waals surface area contributed by atoms with E-state index in [9.17, 15) is 4.79 Å². The molecule has 4 nitrogen and oxygen atoms in total. The number of hydrogen-bond acceptors (Lipinski definition) is 3. The third-order valence-electron chi connectivity index (χ3n) is 2.95. The average Bonchev–Trinajstić information content (AvgIpc) is 2.20. The Morgan fingerprint density at radius 1 is 1.47 bits per heavy atom. The summed E-state index contributed by atoms with van der Waals surface area (Å²) >= 11 is 0. The lowest BCUT2D eigenvalue weighted by atomic mass is 10.0. The van der Waals surface area contributed by atoms with Gasteiger partial charge in [0.1, 0.15) is 0 Å². The SMILES string of the molecule is CNC(=O)CN1CCCCC1CN(C)C. The molecule has 4 heteroatoms. The van der Waals surface area contributed by atoms with Crippen LogP contribution in [0.4, 0.5) is 0 Å². The highest BCUT2D eigenvalue weighted by Gasteiger charge is 2.23. The molecule has 1 rings (SSSR count). The number of nitrogens with zero attached hydrogens (tertiary/aromatic N) is 2. The van der Waals surface area contributed by atoms with Crippen molar-refractivity contribution in [3.63, 3.8) is 0 Å². The number of piperidine rings is 1. The van der Waals surface area contributed by atoms with E-state index in [2.05, 4.69) is 29.2 Å². The normalized spacial score (nSPS) is 23.1. The van der Waals surface area contributed by atoms with E-state index in [4.69, 9.17) is 0 Å². The zero-order chi connectivity index (χ0) is 11.3. The minimum atomic E-state index is 0.126. The fourth-order valence-corrected chi connectivity index (χ4v) is 2.16. The van der Waals surface area contributed by atoms with Crippen molar-refractivity contribution in [2.75, 3.05) is 40.8 Å². The van der Waals surface area contributed by atoms with Crippen LogP contribution in [-0.2, 0) is 4.79 Å². The maximum absolute atomic E-state index is 11.3. The first-order chi connectivity index (χ1) is 7.13. The van der Waals surface area contributed by atoms with Crippen molar-refractivity contribution in [2.24, 2.45) is 0 Å². The molecule has 1 unspecified atom stereocenters. The summed E-state index contributed by atoms with van der Waals surface area (Å²) in [5, 5.41) is 2.69. The standard InChI is InChI=1S/C11H23N3O/c1-12-11(15)9-14-7-5-4-6-10(14)8-13(2)3/h10H,4-9H2,1-3H3,(H,12,15). The van der Waals surface area contributed by atoms with Crippen LogP contribution in [-0.4, -0.2) is 62.5 Å². The molecule has 0 saturated carbocycles. The molecule has 0 aliphatic carbocycles. The highest BCUT2D eigenvalue weighted by molar-refractivity contribution is 5.77. The molecular weight excluding hydrogens is 190 g/mol. The van der Waals surface area contributed by atoms with Crippen molar-refractivity contribution in [3.8, 4) is 0 Å². The van der Waals surface area contributed by atoms with Gasteiger partial charge in [0.2, 0.25) is 5.91 Å². The summed E-state index contributed by atoms with van der Waals surface area (Å²) in [6.07, 6.45) is 3.73. The third kappa shape index (κ3) is 4.18. The number of likely N-dealkylation sites (N-methyl/N-ethyl adjacent to an activating group) is 2. The smallest absolute Gasteiger partial charge is 0.233 e. The molecule has 0 radical (unpaired) electrons. The minimum Gasteiger partial charge on any atom is -0.358 e. The molecule has 0 aromatic carbocycles. The molecule has 1 saturated heterocycles. The Morgan fingerprint density at radius 2 is 2.20 bits per heavy atom. The molecule has 0 aromatic rings. The second kappa shape index (κ2) is 6.08. The number of hydrogen-bond donors (Lipinski definition) is 1. The Kier molecular flexibility index (Phi) is 5.05. The summed E-state index contributed by atoms with van der Waals surface area (Å²) in [6, 6.07) is 0.547. The summed E-state index contributed by atoms with van der Waals surface area (Å²) in [5.74, 6) is 0.126. The molecular formula is C11H23N3O. The van der Waals surface area contributed by atoms with Gasteiger partial charge in [-0.25, -0.2) is 0 Å². The third-order valence-corrected chi connectivity index (χ3v) is 2.95. The number of likely N-dealkylation sites (tertiary alicyclic amines) is 1. The Bertz CT molecular complexity index is 206. The van der Waals surface area contributed by atoms with Crippen molar-refractivity contribution >= 4 is 5.91 Å². The van der Waals surface area contributed by atoms with Gasteiger partial charge in [-0.2, -0.15) is 0 Å². The van der Waals surface area contributed by atoms with Crippen LogP contribution in [0.3, 0.4) is 0 Å². The monoisotopic (exact) mass is 213 g/mol. The summed E-state index contributed by atoms with van der Waals surface area (Å²) < 4.78 is 0. The Hall–Kier alpha value is -0.610. The van der Waals surface area contributed by atoms with E-state index < -0.39 is 0 Å². The van der Waals surface area contributed by atoms with Crippen molar-refractivity contribution < 1.29 is 4.79 Å². The van der Waals surface area contributed by atoms with Crippen LogP contribution in [0.25, 0.3) is 0 Å². The molecule has 1 N–H and O–H groups in total. The lowest BCUT2D eigenvalue weighted by Crippen LogP contribution is -2.48. The lowest BCUT2D eigenvalue weighted by Gasteiger charge is -2.36. The minimum absolute atomic E-state index is 0.126. The molecule has 0 bridgehead atoms. The van der Waals surface area contributed by atoms with Gasteiger partial charge in [0, 0.05) is 19.6 Å². The fourth-order valence-electron chi connectivity index (χ4n) is 2.16. The van der Waals surface area contributed by atoms with Crippen LogP contribution in [0.5, 0.6) is 0 Å². The van der Waals surface area contributed by atoms with Crippen LogP contribution in [0, 0.1) is 0 Å². The Morgan fingerprint density at radius 3 is 2.80 bits per heavy atom. The van der Waals surface area contributed by atoms with E-state index in [0.717, 1.165) is 13.1 Å². The van der Waals surface area contributed by atoms with Gasteiger partial charge in [-0.1, -0.05) is 6.42 Å². The maximum Gasteiger partial charge on any atom is 0.233 e. The van der Waals surface area contributed by atoms with Crippen LogP contribution in [0.1, 0.15) is 19.3 Å². The summed E-state index contributed by atoms with van der Waals surface area (Å²) in [4.78, 5) is 15.9. The largest absolute Gasteiger partial charge is 0.358 e. The fraction of sp³-hybridized carbons (Fsp3) is 0.909. The second-order valence-corrected chi connectivity index (χ2v) is 4.56. The van der Waals surface area contributed by atoms with Gasteiger partial charge in [-0.05, 0) is 33.5 Å². The molecule has 88 valence electrons. The van der Waals surface area contributed by atoms with Crippen molar-refractivity contribution in [1.82, 2.24) is 15.1 Å². The van der Waals surface area contributed by atoms with E-state index in [-0.39, 0.29) is 5.91 Å². The maximum atomic E-state index is 11.3. The van der Waals surface area contributed by atoms with E-state index in [1.54, 1.807) is 7.05 Å². The van der Waals surface area contributed by atoms with Crippen LogP contribution >= 0.6 is 0 Å². The molecule has 1 aliphatic rings. The average molecular weight is 213 g/mol. The molecule has 1 amide bonds. The predicted octanol–water partition coefficient (Wildman–Crippen LogP) is 0.149. The first-order valence-electron chi connectivity index (χ1n) is 5.73. The van der Waals surface area contributed by atoms with Gasteiger partial charge in [-0.15, -0.1) is 0 Å². The molecule has 1 aliphatic heterocycles. The van der Waals surface area contributed by atoms with E-state index in [1.807, 2.05) is 0 Å². The number of nitrogens with one attached hydrogen (secondary N) is 1. The zero-order valence-electron chi connectivity index (χ0n) is 10.1. The van der Waals surface area contributed by atoms with Crippen molar-refractivity contribution in [3.05, 3.63) is 0 Å². The van der Waals surface area contributed by atoms with Gasteiger partial charge in [0.25, 0.3) is 0 Å². The number of amides is 1.